The number of rotatable bonds is 1. The number of hydrogen-bond acceptors (Lipinski definition) is 3. The van der Waals surface area contributed by atoms with Crippen LogP contribution in [0, 0.1) is 0 Å². The number of benzene rings is 1. The first-order chi connectivity index (χ1) is 6.66. The van der Waals surface area contributed by atoms with Crippen LogP contribution in [0.2, 0.25) is 5.02 Å². The van der Waals surface area contributed by atoms with Crippen molar-refractivity contribution in [2.24, 2.45) is 7.05 Å². The maximum Gasteiger partial charge on any atom is 0.113 e. The van der Waals surface area contributed by atoms with Crippen LogP contribution in [0.5, 0.6) is 0 Å². The van der Waals surface area contributed by atoms with E-state index in [1.807, 2.05) is 6.07 Å². The molecule has 0 aliphatic rings. The molecule has 14 heavy (non-hydrogen) atoms. The summed E-state index contributed by atoms with van der Waals surface area (Å²) in [6.07, 6.45) is 1.68. The third-order valence-electron chi connectivity index (χ3n) is 1.90. The minimum Gasteiger partial charge on any atom is -0.398 e. The quantitative estimate of drug-likeness (QED) is 0.726. The van der Waals surface area contributed by atoms with Gasteiger partial charge in [0, 0.05) is 12.6 Å². The van der Waals surface area contributed by atoms with Crippen molar-refractivity contribution in [3.8, 4) is 11.3 Å². The number of nitrogen functional groups attached to an aromatic ring is 1. The van der Waals surface area contributed by atoms with Crippen LogP contribution in [0.15, 0.2) is 24.4 Å². The molecule has 0 unspecified atom stereocenters. The highest BCUT2D eigenvalue weighted by Crippen LogP contribution is 2.25. The van der Waals surface area contributed by atoms with Gasteiger partial charge in [-0.15, -0.1) is 0 Å². The van der Waals surface area contributed by atoms with Gasteiger partial charge in [-0.05, 0) is 12.1 Å². The molecule has 1 heterocycles. The molecule has 2 rings (SSSR count). The molecule has 1 aromatic heterocycles. The molecule has 0 amide bonds. The van der Waals surface area contributed by atoms with Crippen LogP contribution < -0.4 is 5.73 Å². The lowest BCUT2D eigenvalue weighted by atomic mass is 10.1. The first-order valence-corrected chi connectivity index (χ1v) is 4.46. The van der Waals surface area contributed by atoms with Crippen LogP contribution in [0.25, 0.3) is 11.3 Å². The molecule has 0 aliphatic carbocycles. The Hall–Kier alpha value is -1.55. The van der Waals surface area contributed by atoms with Gasteiger partial charge in [0.25, 0.3) is 0 Å². The number of nitrogens with two attached hydrogens (primary N) is 1. The van der Waals surface area contributed by atoms with Gasteiger partial charge in [-0.25, -0.2) is 0 Å². The van der Waals surface area contributed by atoms with Crippen molar-refractivity contribution in [2.45, 2.75) is 0 Å². The molecule has 2 aromatic rings. The van der Waals surface area contributed by atoms with Gasteiger partial charge in [-0.1, -0.05) is 17.7 Å². The predicted molar refractivity (Wildman–Crippen MR) is 55.9 cm³/mol. The molecule has 0 radical (unpaired) electrons. The first-order valence-electron chi connectivity index (χ1n) is 4.08. The lowest BCUT2D eigenvalue weighted by Gasteiger charge is -1.99. The zero-order valence-corrected chi connectivity index (χ0v) is 8.36. The van der Waals surface area contributed by atoms with Gasteiger partial charge >= 0.3 is 0 Å². The highest BCUT2D eigenvalue weighted by atomic mass is 35.5. The van der Waals surface area contributed by atoms with Gasteiger partial charge in [0.05, 0.1) is 16.9 Å². The Morgan fingerprint density at radius 2 is 2.21 bits per heavy atom. The summed E-state index contributed by atoms with van der Waals surface area (Å²) in [6.45, 7) is 0. The standard InChI is InChI=1S/C9H9ClN4/c1-14-12-5-9(13-14)6-2-3-8(11)7(10)4-6/h2-5H,11H2,1H3. The highest BCUT2D eigenvalue weighted by Gasteiger charge is 2.04. The van der Waals surface area contributed by atoms with E-state index < -0.39 is 0 Å². The molecule has 0 aliphatic heterocycles. The minimum atomic E-state index is 0.535. The molecule has 0 bridgehead atoms. The van der Waals surface area contributed by atoms with Crippen molar-refractivity contribution in [3.63, 3.8) is 0 Å². The molecule has 0 fully saturated rings. The highest BCUT2D eigenvalue weighted by molar-refractivity contribution is 6.33. The molecule has 72 valence electrons. The Morgan fingerprint density at radius 1 is 1.43 bits per heavy atom. The average molecular weight is 209 g/mol. The van der Waals surface area contributed by atoms with E-state index in [0.29, 0.717) is 10.7 Å². The van der Waals surface area contributed by atoms with E-state index in [0.717, 1.165) is 11.3 Å². The van der Waals surface area contributed by atoms with Crippen LogP contribution in [0.3, 0.4) is 0 Å². The van der Waals surface area contributed by atoms with Crippen LogP contribution in [-0.2, 0) is 7.05 Å². The maximum absolute atomic E-state index is 5.89. The minimum absolute atomic E-state index is 0.535. The maximum atomic E-state index is 5.89. The Labute approximate surface area is 86.3 Å². The Kier molecular flexibility index (Phi) is 2.13. The summed E-state index contributed by atoms with van der Waals surface area (Å²) < 4.78 is 0. The molecule has 0 spiro atoms. The van der Waals surface area contributed by atoms with Crippen molar-refractivity contribution >= 4 is 17.3 Å². The second-order valence-corrected chi connectivity index (χ2v) is 3.36. The van der Waals surface area contributed by atoms with E-state index in [1.165, 1.54) is 4.80 Å². The van der Waals surface area contributed by atoms with Crippen molar-refractivity contribution in [2.75, 3.05) is 5.73 Å². The number of nitrogens with zero attached hydrogens (tertiary/aromatic N) is 3. The second-order valence-electron chi connectivity index (χ2n) is 2.96. The fourth-order valence-corrected chi connectivity index (χ4v) is 1.35. The van der Waals surface area contributed by atoms with Crippen molar-refractivity contribution in [1.82, 2.24) is 15.0 Å². The van der Waals surface area contributed by atoms with E-state index in [2.05, 4.69) is 10.2 Å². The SMILES string of the molecule is Cn1ncc(-c2ccc(N)c(Cl)c2)n1. The van der Waals surface area contributed by atoms with Gasteiger partial charge in [0.2, 0.25) is 0 Å². The van der Waals surface area contributed by atoms with Crippen LogP contribution in [0.1, 0.15) is 0 Å². The van der Waals surface area contributed by atoms with Gasteiger partial charge in [-0.3, -0.25) is 0 Å². The van der Waals surface area contributed by atoms with Crippen LogP contribution in [-0.4, -0.2) is 15.0 Å². The monoisotopic (exact) mass is 208 g/mol. The number of halogens is 1. The summed E-state index contributed by atoms with van der Waals surface area (Å²) in [5, 5.41) is 8.67. The van der Waals surface area contributed by atoms with E-state index in [9.17, 15) is 0 Å². The number of anilines is 1. The lowest BCUT2D eigenvalue weighted by molar-refractivity contribution is 0.655. The zero-order chi connectivity index (χ0) is 10.1. The number of aromatic nitrogens is 3. The molecular weight excluding hydrogens is 200 g/mol. The third kappa shape index (κ3) is 1.56. The smallest absolute Gasteiger partial charge is 0.113 e. The Morgan fingerprint density at radius 3 is 2.79 bits per heavy atom. The molecule has 0 saturated carbocycles. The van der Waals surface area contributed by atoms with Crippen molar-refractivity contribution in [3.05, 3.63) is 29.4 Å². The summed E-state index contributed by atoms with van der Waals surface area (Å²) in [4.78, 5) is 1.50. The van der Waals surface area contributed by atoms with Gasteiger partial charge in [0.15, 0.2) is 0 Å². The summed E-state index contributed by atoms with van der Waals surface area (Å²) in [5.41, 5.74) is 7.87. The lowest BCUT2D eigenvalue weighted by Crippen LogP contribution is -1.92. The summed E-state index contributed by atoms with van der Waals surface area (Å²) in [6, 6.07) is 5.40. The van der Waals surface area contributed by atoms with Gasteiger partial charge in [0.1, 0.15) is 5.69 Å². The van der Waals surface area contributed by atoms with Gasteiger partial charge < -0.3 is 5.73 Å². The van der Waals surface area contributed by atoms with Gasteiger partial charge in [-0.2, -0.15) is 15.0 Å². The largest absolute Gasteiger partial charge is 0.398 e. The summed E-state index contributed by atoms with van der Waals surface area (Å²) in [5.74, 6) is 0. The van der Waals surface area contributed by atoms with E-state index in [4.69, 9.17) is 17.3 Å². The molecule has 2 N–H and O–H groups in total. The molecule has 0 saturated heterocycles. The molecule has 1 aromatic carbocycles. The predicted octanol–water partition coefficient (Wildman–Crippen LogP) is 1.72. The van der Waals surface area contributed by atoms with Crippen LogP contribution in [0.4, 0.5) is 5.69 Å². The normalized spacial score (nSPS) is 10.4. The Bertz CT molecular complexity index is 464. The zero-order valence-electron chi connectivity index (χ0n) is 7.61. The Balaban J connectivity index is 2.47. The second kappa shape index (κ2) is 3.31. The van der Waals surface area contributed by atoms with Crippen molar-refractivity contribution < 1.29 is 0 Å². The molecule has 0 atom stereocenters. The van der Waals surface area contributed by atoms with E-state index >= 15 is 0 Å². The van der Waals surface area contributed by atoms with Crippen LogP contribution >= 0.6 is 11.6 Å². The average Bonchev–Trinajstić information content (AvgIpc) is 2.57. The first kappa shape index (κ1) is 9.02. The van der Waals surface area contributed by atoms with E-state index in [-0.39, 0.29) is 0 Å². The molecular formula is C9H9ClN4. The molecule has 4 nitrogen and oxygen atoms in total. The third-order valence-corrected chi connectivity index (χ3v) is 2.22. The fourth-order valence-electron chi connectivity index (χ4n) is 1.16. The summed E-state index contributed by atoms with van der Waals surface area (Å²) in [7, 11) is 1.77. The van der Waals surface area contributed by atoms with Crippen molar-refractivity contribution in [1.29, 1.82) is 0 Å². The number of hydrogen-bond donors (Lipinski definition) is 1. The number of aryl methyl sites for hydroxylation is 1. The fraction of sp³-hybridized carbons (Fsp3) is 0.111. The topological polar surface area (TPSA) is 56.7 Å². The van der Waals surface area contributed by atoms with E-state index in [1.54, 1.807) is 25.4 Å². The molecule has 5 heteroatoms. The summed E-state index contributed by atoms with van der Waals surface area (Å²) >= 11 is 5.89.